The lowest BCUT2D eigenvalue weighted by Crippen LogP contribution is -2.39. The summed E-state index contributed by atoms with van der Waals surface area (Å²) in [7, 11) is 0. The zero-order valence-corrected chi connectivity index (χ0v) is 20.3. The van der Waals surface area contributed by atoms with Crippen LogP contribution in [-0.2, 0) is 0 Å². The molecule has 35 heavy (non-hydrogen) atoms. The minimum atomic E-state index is -0.560. The van der Waals surface area contributed by atoms with E-state index in [1.54, 1.807) is 21.7 Å². The second-order valence-electron chi connectivity index (χ2n) is 8.04. The number of likely N-dealkylation sites (tertiary alicyclic amines) is 1. The molecular weight excluding hydrogens is 494 g/mol. The van der Waals surface area contributed by atoms with Gasteiger partial charge in [-0.25, -0.2) is 14.5 Å². The third kappa shape index (κ3) is 4.46. The van der Waals surface area contributed by atoms with Gasteiger partial charge in [0.25, 0.3) is 11.8 Å². The largest absolute Gasteiger partial charge is 0.345 e. The third-order valence-electron chi connectivity index (χ3n) is 5.71. The highest BCUT2D eigenvalue weighted by molar-refractivity contribution is 7.18. The van der Waals surface area contributed by atoms with Gasteiger partial charge in [-0.1, -0.05) is 0 Å². The third-order valence-corrected chi connectivity index (χ3v) is 7.58. The maximum absolute atomic E-state index is 13.1. The van der Waals surface area contributed by atoms with E-state index in [0.29, 0.717) is 37.3 Å². The number of rotatable bonds is 5. The molecule has 1 N–H and O–H groups in total. The lowest BCUT2D eigenvalue weighted by molar-refractivity contribution is -0.380. The zero-order valence-electron chi connectivity index (χ0n) is 18.7. The van der Waals surface area contributed by atoms with Crippen LogP contribution in [0.5, 0.6) is 0 Å². The number of aryl methyl sites for hydroxylation is 2. The molecular formula is C20H19N9O4S2. The molecule has 0 saturated carbocycles. The lowest BCUT2D eigenvalue weighted by Gasteiger charge is -2.31. The van der Waals surface area contributed by atoms with Crippen LogP contribution >= 0.6 is 22.7 Å². The Balaban J connectivity index is 1.21. The Morgan fingerprint density at radius 3 is 2.71 bits per heavy atom. The Labute approximate surface area is 206 Å². The summed E-state index contributed by atoms with van der Waals surface area (Å²) in [6, 6.07) is 1.81. The van der Waals surface area contributed by atoms with Crippen LogP contribution in [0.2, 0.25) is 0 Å². The maximum Gasteiger partial charge on any atom is 0.345 e. The summed E-state index contributed by atoms with van der Waals surface area (Å²) in [5.74, 6) is -0.530. The number of nitro groups is 1. The number of hydrogen-bond acceptors (Lipinski definition) is 11. The predicted octanol–water partition coefficient (Wildman–Crippen LogP) is 2.83. The minimum absolute atomic E-state index is 0.120. The van der Waals surface area contributed by atoms with Gasteiger partial charge in [0.15, 0.2) is 16.5 Å². The quantitative estimate of drug-likeness (QED) is 0.312. The number of aromatic nitrogens is 6. The number of nitrogens with zero attached hydrogens (tertiary/aromatic N) is 8. The summed E-state index contributed by atoms with van der Waals surface area (Å²) < 4.78 is 1.63. The highest BCUT2D eigenvalue weighted by Gasteiger charge is 2.29. The molecule has 0 unspecified atom stereocenters. The van der Waals surface area contributed by atoms with Gasteiger partial charge in [-0.2, -0.15) is 5.10 Å². The molecule has 0 atom stereocenters. The Morgan fingerprint density at radius 1 is 1.23 bits per heavy atom. The minimum Gasteiger partial charge on any atom is -0.337 e. The van der Waals surface area contributed by atoms with Gasteiger partial charge in [0.1, 0.15) is 11.9 Å². The number of nitrogens with one attached hydrogen (secondary N) is 1. The van der Waals surface area contributed by atoms with E-state index in [1.807, 2.05) is 13.0 Å². The first-order chi connectivity index (χ1) is 16.8. The topological polar surface area (TPSA) is 161 Å². The molecule has 0 radical (unpaired) electrons. The van der Waals surface area contributed by atoms with Crippen molar-refractivity contribution in [2.24, 2.45) is 0 Å². The van der Waals surface area contributed by atoms with Crippen molar-refractivity contribution in [1.82, 2.24) is 34.7 Å². The summed E-state index contributed by atoms with van der Waals surface area (Å²) in [4.78, 5) is 45.8. The van der Waals surface area contributed by atoms with Crippen molar-refractivity contribution in [3.05, 3.63) is 55.5 Å². The van der Waals surface area contributed by atoms with E-state index in [0.717, 1.165) is 28.2 Å². The second kappa shape index (κ2) is 9.07. The van der Waals surface area contributed by atoms with Crippen LogP contribution in [0.3, 0.4) is 0 Å². The molecule has 4 aromatic rings. The Hall–Kier alpha value is -3.85. The summed E-state index contributed by atoms with van der Waals surface area (Å²) in [6.45, 7) is 4.73. The van der Waals surface area contributed by atoms with Crippen molar-refractivity contribution in [3.63, 3.8) is 0 Å². The van der Waals surface area contributed by atoms with Gasteiger partial charge < -0.3 is 4.90 Å². The molecule has 1 aliphatic heterocycles. The van der Waals surface area contributed by atoms with Crippen molar-refractivity contribution in [1.29, 1.82) is 0 Å². The standard InChI is InChI=1S/C20H19N9O4S2/c1-10-7-14-24-25-16(11(2)28(14)26-10)19(31)27-5-3-12(4-6-27)18-22-13(9-34-18)17(30)23-20-21-8-15(35-20)29(32)33/h7-9,12H,3-6H2,1-2H3,(H,21,23,30). The summed E-state index contributed by atoms with van der Waals surface area (Å²) >= 11 is 2.17. The van der Waals surface area contributed by atoms with Gasteiger partial charge in [-0.15, -0.1) is 21.5 Å². The molecule has 0 aromatic carbocycles. The van der Waals surface area contributed by atoms with Gasteiger partial charge in [0.05, 0.1) is 21.3 Å². The maximum atomic E-state index is 13.1. The molecule has 0 spiro atoms. The molecule has 1 fully saturated rings. The first-order valence-electron chi connectivity index (χ1n) is 10.7. The SMILES string of the molecule is Cc1cc2nnc(C(=O)N3CCC(c4nc(C(=O)Nc5ncc([N+](=O)[O-])s5)cs4)CC3)c(C)n2n1. The molecule has 15 heteroatoms. The molecule has 4 aromatic heterocycles. The van der Waals surface area contributed by atoms with Gasteiger partial charge >= 0.3 is 5.00 Å². The van der Waals surface area contributed by atoms with E-state index in [-0.39, 0.29) is 33.3 Å². The van der Waals surface area contributed by atoms with E-state index in [9.17, 15) is 19.7 Å². The van der Waals surface area contributed by atoms with Crippen molar-refractivity contribution in [2.75, 3.05) is 18.4 Å². The molecule has 5 heterocycles. The highest BCUT2D eigenvalue weighted by atomic mass is 32.1. The smallest absolute Gasteiger partial charge is 0.337 e. The van der Waals surface area contributed by atoms with Crippen molar-refractivity contribution in [2.45, 2.75) is 32.6 Å². The fourth-order valence-electron chi connectivity index (χ4n) is 3.90. The number of piperidine rings is 1. The average molecular weight is 514 g/mol. The number of hydrogen-bond donors (Lipinski definition) is 1. The number of anilines is 1. The molecule has 1 saturated heterocycles. The summed E-state index contributed by atoms with van der Waals surface area (Å²) in [5, 5.41) is 28.4. The van der Waals surface area contributed by atoms with Crippen LogP contribution in [0.1, 0.15) is 56.1 Å². The second-order valence-corrected chi connectivity index (χ2v) is 9.94. The van der Waals surface area contributed by atoms with Gasteiger partial charge in [-0.05, 0) is 38.0 Å². The first-order valence-corrected chi connectivity index (χ1v) is 12.4. The zero-order chi connectivity index (χ0) is 24.7. The highest BCUT2D eigenvalue weighted by Crippen LogP contribution is 2.31. The Kier molecular flexibility index (Phi) is 5.94. The van der Waals surface area contributed by atoms with Crippen LogP contribution < -0.4 is 5.32 Å². The van der Waals surface area contributed by atoms with Crippen LogP contribution in [0.4, 0.5) is 10.1 Å². The fraction of sp³-hybridized carbons (Fsp3) is 0.350. The molecule has 2 amide bonds. The van der Waals surface area contributed by atoms with Crippen LogP contribution in [0, 0.1) is 24.0 Å². The first kappa shape index (κ1) is 22.9. The van der Waals surface area contributed by atoms with Gasteiger partial charge in [-0.3, -0.25) is 25.0 Å². The van der Waals surface area contributed by atoms with Crippen molar-refractivity contribution < 1.29 is 14.5 Å². The van der Waals surface area contributed by atoms with E-state index < -0.39 is 10.8 Å². The monoisotopic (exact) mass is 513 g/mol. The number of thiazole rings is 2. The Bertz CT molecular complexity index is 1450. The average Bonchev–Trinajstić information content (AvgIpc) is 3.58. The molecule has 0 aliphatic carbocycles. The number of amides is 2. The van der Waals surface area contributed by atoms with Crippen LogP contribution in [0.25, 0.3) is 5.65 Å². The van der Waals surface area contributed by atoms with Crippen LogP contribution in [0.15, 0.2) is 17.6 Å². The molecule has 5 rings (SSSR count). The number of carbonyl (C=O) groups excluding carboxylic acids is 2. The molecule has 0 bridgehead atoms. The van der Waals surface area contributed by atoms with E-state index in [4.69, 9.17) is 0 Å². The van der Waals surface area contributed by atoms with Gasteiger partial charge in [0, 0.05) is 30.5 Å². The summed E-state index contributed by atoms with van der Waals surface area (Å²) in [6.07, 6.45) is 2.51. The number of fused-ring (bicyclic) bond motifs is 1. The lowest BCUT2D eigenvalue weighted by atomic mass is 9.97. The molecule has 13 nitrogen and oxygen atoms in total. The summed E-state index contributed by atoms with van der Waals surface area (Å²) in [5.41, 5.74) is 2.57. The van der Waals surface area contributed by atoms with Gasteiger partial charge in [0.2, 0.25) is 0 Å². The van der Waals surface area contributed by atoms with Crippen molar-refractivity contribution in [3.8, 4) is 0 Å². The Morgan fingerprint density at radius 2 is 2.00 bits per heavy atom. The van der Waals surface area contributed by atoms with Crippen molar-refractivity contribution >= 4 is 50.3 Å². The van der Waals surface area contributed by atoms with E-state index in [1.165, 1.54) is 11.3 Å². The van der Waals surface area contributed by atoms with E-state index >= 15 is 0 Å². The molecule has 180 valence electrons. The number of carbonyl (C=O) groups is 2. The predicted molar refractivity (Wildman–Crippen MR) is 127 cm³/mol. The molecule has 1 aliphatic rings. The fourth-order valence-corrected chi connectivity index (χ4v) is 5.50. The van der Waals surface area contributed by atoms with E-state index in [2.05, 4.69) is 30.6 Å². The normalized spacial score (nSPS) is 14.4. The van der Waals surface area contributed by atoms with Crippen LogP contribution in [-0.4, -0.2) is 64.5 Å².